The van der Waals surface area contributed by atoms with Crippen LogP contribution < -0.4 is 0 Å². The van der Waals surface area contributed by atoms with Gasteiger partial charge in [0, 0.05) is 0 Å². The summed E-state index contributed by atoms with van der Waals surface area (Å²) in [7, 11) is 1.37. The molecule has 0 spiro atoms. The van der Waals surface area contributed by atoms with Crippen molar-refractivity contribution in [1.29, 1.82) is 0 Å². The second kappa shape index (κ2) is 5.45. The molecular weight excluding hydrogens is 231 g/mol. The second-order valence-electron chi connectivity index (χ2n) is 3.96. The van der Waals surface area contributed by atoms with E-state index < -0.39 is 0 Å². The molecule has 0 atom stereocenters. The van der Waals surface area contributed by atoms with Crippen molar-refractivity contribution in [2.45, 2.75) is 6.42 Å². The predicted molar refractivity (Wildman–Crippen MR) is 67.6 cm³/mol. The fraction of sp³-hybridized carbons (Fsp3) is 0.133. The van der Waals surface area contributed by atoms with Gasteiger partial charge < -0.3 is 4.74 Å². The molecule has 0 heterocycles. The first kappa shape index (κ1) is 12.3. The molecule has 0 aliphatic carbocycles. The lowest BCUT2D eigenvalue weighted by atomic mass is 10.0. The fourth-order valence-corrected chi connectivity index (χ4v) is 1.70. The lowest BCUT2D eigenvalue weighted by Gasteiger charge is -2.04. The number of methoxy groups -OCH3 is 1. The van der Waals surface area contributed by atoms with E-state index in [0.717, 1.165) is 16.7 Å². The van der Waals surface area contributed by atoms with Gasteiger partial charge in [-0.2, -0.15) is 0 Å². The van der Waals surface area contributed by atoms with E-state index >= 15 is 0 Å². The molecule has 0 aliphatic heterocycles. The highest BCUT2D eigenvalue weighted by Crippen LogP contribution is 2.20. The first-order valence-corrected chi connectivity index (χ1v) is 5.61. The summed E-state index contributed by atoms with van der Waals surface area (Å²) in [5.41, 5.74) is 2.83. The third-order valence-electron chi connectivity index (χ3n) is 2.71. The van der Waals surface area contributed by atoms with Crippen LogP contribution in [-0.4, -0.2) is 13.1 Å². The van der Waals surface area contributed by atoms with Gasteiger partial charge in [-0.3, -0.25) is 4.79 Å². The van der Waals surface area contributed by atoms with Crippen LogP contribution in [0.2, 0.25) is 0 Å². The molecule has 3 heteroatoms. The van der Waals surface area contributed by atoms with Gasteiger partial charge in [0.2, 0.25) is 0 Å². The van der Waals surface area contributed by atoms with E-state index in [1.165, 1.54) is 19.2 Å². The van der Waals surface area contributed by atoms with Crippen molar-refractivity contribution in [2.24, 2.45) is 0 Å². The minimum atomic E-state index is -0.260. The standard InChI is InChI=1S/C15H13FO2/c1-18-15(17)10-11-2-4-12(5-3-11)13-6-8-14(16)9-7-13/h2-9H,10H2,1H3. The molecule has 2 nitrogen and oxygen atoms in total. The monoisotopic (exact) mass is 244 g/mol. The van der Waals surface area contributed by atoms with E-state index in [0.29, 0.717) is 0 Å². The summed E-state index contributed by atoms with van der Waals surface area (Å²) >= 11 is 0. The van der Waals surface area contributed by atoms with Crippen LogP contribution in [0.15, 0.2) is 48.5 Å². The van der Waals surface area contributed by atoms with Crippen LogP contribution in [0.25, 0.3) is 11.1 Å². The van der Waals surface area contributed by atoms with Crippen molar-refractivity contribution in [1.82, 2.24) is 0 Å². The molecule has 0 fully saturated rings. The summed E-state index contributed by atoms with van der Waals surface area (Å²) in [5, 5.41) is 0. The summed E-state index contributed by atoms with van der Waals surface area (Å²) in [6, 6.07) is 13.9. The molecule has 0 unspecified atom stereocenters. The first-order chi connectivity index (χ1) is 8.69. The zero-order valence-corrected chi connectivity index (χ0v) is 10.0. The van der Waals surface area contributed by atoms with Gasteiger partial charge in [0.25, 0.3) is 0 Å². The van der Waals surface area contributed by atoms with Gasteiger partial charge in [-0.25, -0.2) is 4.39 Å². The topological polar surface area (TPSA) is 26.3 Å². The Labute approximate surface area is 105 Å². The zero-order chi connectivity index (χ0) is 13.0. The van der Waals surface area contributed by atoms with Gasteiger partial charge in [-0.05, 0) is 28.8 Å². The third kappa shape index (κ3) is 2.94. The molecule has 0 saturated heterocycles. The van der Waals surface area contributed by atoms with Crippen LogP contribution in [0.5, 0.6) is 0 Å². The number of halogens is 1. The molecule has 18 heavy (non-hydrogen) atoms. The van der Waals surface area contributed by atoms with Crippen LogP contribution >= 0.6 is 0 Å². The average molecular weight is 244 g/mol. The zero-order valence-electron chi connectivity index (χ0n) is 10.0. The Morgan fingerprint density at radius 3 is 2.00 bits per heavy atom. The molecule has 0 aromatic heterocycles. The number of hydrogen-bond acceptors (Lipinski definition) is 2. The van der Waals surface area contributed by atoms with E-state index in [1.54, 1.807) is 12.1 Å². The van der Waals surface area contributed by atoms with Gasteiger partial charge in [-0.1, -0.05) is 36.4 Å². The minimum absolute atomic E-state index is 0.249. The van der Waals surface area contributed by atoms with E-state index in [9.17, 15) is 9.18 Å². The maximum absolute atomic E-state index is 12.8. The largest absolute Gasteiger partial charge is 0.469 e. The van der Waals surface area contributed by atoms with Gasteiger partial charge in [0.05, 0.1) is 13.5 Å². The second-order valence-corrected chi connectivity index (χ2v) is 3.96. The Hall–Kier alpha value is -2.16. The molecule has 2 aromatic rings. The lowest BCUT2D eigenvalue weighted by molar-refractivity contribution is -0.139. The van der Waals surface area contributed by atoms with Crippen molar-refractivity contribution >= 4 is 5.97 Å². The third-order valence-corrected chi connectivity index (χ3v) is 2.71. The number of hydrogen-bond donors (Lipinski definition) is 0. The fourth-order valence-electron chi connectivity index (χ4n) is 1.70. The number of rotatable bonds is 3. The average Bonchev–Trinajstić information content (AvgIpc) is 2.40. The van der Waals surface area contributed by atoms with E-state index in [4.69, 9.17) is 0 Å². The molecule has 0 aliphatic rings. The van der Waals surface area contributed by atoms with Gasteiger partial charge in [0.15, 0.2) is 0 Å². The van der Waals surface area contributed by atoms with E-state index in [2.05, 4.69) is 4.74 Å². The van der Waals surface area contributed by atoms with Gasteiger partial charge >= 0.3 is 5.97 Å². The summed E-state index contributed by atoms with van der Waals surface area (Å²) in [4.78, 5) is 11.1. The Balaban J connectivity index is 2.17. The smallest absolute Gasteiger partial charge is 0.309 e. The molecular formula is C15H13FO2. The van der Waals surface area contributed by atoms with Gasteiger partial charge in [-0.15, -0.1) is 0 Å². The molecule has 0 N–H and O–H groups in total. The highest BCUT2D eigenvalue weighted by Gasteiger charge is 2.03. The Morgan fingerprint density at radius 2 is 1.50 bits per heavy atom. The highest BCUT2D eigenvalue weighted by molar-refractivity contribution is 5.73. The molecule has 0 saturated carbocycles. The quantitative estimate of drug-likeness (QED) is 0.775. The Morgan fingerprint density at radius 1 is 1.00 bits per heavy atom. The van der Waals surface area contributed by atoms with Crippen molar-refractivity contribution in [3.63, 3.8) is 0 Å². The van der Waals surface area contributed by atoms with Crippen LogP contribution in [0, 0.1) is 5.82 Å². The summed E-state index contributed by atoms with van der Waals surface area (Å²) < 4.78 is 17.4. The highest BCUT2D eigenvalue weighted by atomic mass is 19.1. The number of carbonyl (C=O) groups excluding carboxylic acids is 1. The molecule has 0 amide bonds. The molecule has 92 valence electrons. The van der Waals surface area contributed by atoms with Crippen LogP contribution in [0.3, 0.4) is 0 Å². The summed E-state index contributed by atoms with van der Waals surface area (Å²) in [5.74, 6) is -0.509. The van der Waals surface area contributed by atoms with Crippen LogP contribution in [-0.2, 0) is 16.0 Å². The van der Waals surface area contributed by atoms with Gasteiger partial charge in [0.1, 0.15) is 5.82 Å². The summed E-state index contributed by atoms with van der Waals surface area (Å²) in [6.07, 6.45) is 0.264. The SMILES string of the molecule is COC(=O)Cc1ccc(-c2ccc(F)cc2)cc1. The Bertz CT molecular complexity index is 529. The van der Waals surface area contributed by atoms with Crippen molar-refractivity contribution in [3.8, 4) is 11.1 Å². The maximum atomic E-state index is 12.8. The number of ether oxygens (including phenoxy) is 1. The molecule has 0 radical (unpaired) electrons. The molecule has 2 aromatic carbocycles. The van der Waals surface area contributed by atoms with E-state index in [1.807, 2.05) is 24.3 Å². The molecule has 2 rings (SSSR count). The summed E-state index contributed by atoms with van der Waals surface area (Å²) in [6.45, 7) is 0. The first-order valence-electron chi connectivity index (χ1n) is 5.61. The van der Waals surface area contributed by atoms with Crippen molar-refractivity contribution in [3.05, 3.63) is 59.9 Å². The number of carbonyl (C=O) groups is 1. The van der Waals surface area contributed by atoms with E-state index in [-0.39, 0.29) is 18.2 Å². The normalized spacial score (nSPS) is 10.1. The van der Waals surface area contributed by atoms with Crippen LogP contribution in [0.4, 0.5) is 4.39 Å². The minimum Gasteiger partial charge on any atom is -0.469 e. The predicted octanol–water partition coefficient (Wildman–Crippen LogP) is 3.21. The van der Waals surface area contributed by atoms with Crippen LogP contribution in [0.1, 0.15) is 5.56 Å². The van der Waals surface area contributed by atoms with Crippen molar-refractivity contribution < 1.29 is 13.9 Å². The number of esters is 1. The van der Waals surface area contributed by atoms with Crippen molar-refractivity contribution in [2.75, 3.05) is 7.11 Å². The molecule has 0 bridgehead atoms. The number of benzene rings is 2. The Kier molecular flexibility index (Phi) is 3.72. The maximum Gasteiger partial charge on any atom is 0.309 e. The lowest BCUT2D eigenvalue weighted by Crippen LogP contribution is -2.04.